The number of rotatable bonds is 2. The molecule has 3 rings (SSSR count). The maximum absolute atomic E-state index is 13.2. The Morgan fingerprint density at radius 3 is 2.90 bits per heavy atom. The monoisotopic (exact) mass is 301 g/mol. The highest BCUT2D eigenvalue weighted by Crippen LogP contribution is 2.32. The Kier molecular flexibility index (Phi) is 3.31. The van der Waals surface area contributed by atoms with Gasteiger partial charge in [0.2, 0.25) is 0 Å². The first-order valence-corrected chi connectivity index (χ1v) is 7.08. The van der Waals surface area contributed by atoms with E-state index in [4.69, 9.17) is 5.73 Å². The van der Waals surface area contributed by atoms with Gasteiger partial charge < -0.3 is 11.1 Å². The molecular weight excluding hydrogens is 289 g/mol. The Labute approximate surface area is 124 Å². The zero-order chi connectivity index (χ0) is 15.0. The van der Waals surface area contributed by atoms with Crippen molar-refractivity contribution < 1.29 is 9.18 Å². The van der Waals surface area contributed by atoms with Crippen LogP contribution in [0.2, 0.25) is 0 Å². The molecule has 0 saturated carbocycles. The second kappa shape index (κ2) is 5.14. The van der Waals surface area contributed by atoms with Crippen LogP contribution in [0.1, 0.15) is 15.2 Å². The van der Waals surface area contributed by atoms with Crippen LogP contribution in [0.15, 0.2) is 36.5 Å². The zero-order valence-electron chi connectivity index (χ0n) is 11.2. The van der Waals surface area contributed by atoms with Gasteiger partial charge in [-0.3, -0.25) is 4.79 Å². The van der Waals surface area contributed by atoms with Crippen LogP contribution in [0.5, 0.6) is 0 Å². The second-order valence-electron chi connectivity index (χ2n) is 4.62. The largest absolute Gasteiger partial charge is 0.397 e. The molecule has 0 atom stereocenters. The first-order valence-electron chi connectivity index (χ1n) is 6.27. The van der Waals surface area contributed by atoms with Crippen molar-refractivity contribution in [1.29, 1.82) is 0 Å². The van der Waals surface area contributed by atoms with Crippen molar-refractivity contribution in [2.75, 3.05) is 11.1 Å². The molecule has 0 spiro atoms. The normalized spacial score (nSPS) is 10.8. The number of amides is 1. The number of nitrogens with zero attached hydrogens (tertiary/aromatic N) is 1. The lowest BCUT2D eigenvalue weighted by Gasteiger charge is -2.05. The minimum Gasteiger partial charge on any atom is -0.397 e. The first kappa shape index (κ1) is 13.5. The number of aromatic nitrogens is 1. The minimum atomic E-state index is -0.318. The molecule has 0 aliphatic heterocycles. The van der Waals surface area contributed by atoms with Crippen LogP contribution in [0.4, 0.5) is 15.8 Å². The molecule has 0 radical (unpaired) electrons. The number of nitrogens with one attached hydrogen (secondary N) is 1. The summed E-state index contributed by atoms with van der Waals surface area (Å²) in [5.74, 6) is -0.625. The number of carbonyl (C=O) groups is 1. The number of hydrogen-bond donors (Lipinski definition) is 2. The number of benzene rings is 1. The smallest absolute Gasteiger partial charge is 0.267 e. The number of nitrogens with two attached hydrogens (primary N) is 1. The summed E-state index contributed by atoms with van der Waals surface area (Å²) < 4.78 is 13.2. The van der Waals surface area contributed by atoms with Crippen molar-refractivity contribution in [1.82, 2.24) is 4.98 Å². The summed E-state index contributed by atoms with van der Waals surface area (Å²) in [6, 6.07) is 8.02. The predicted octanol–water partition coefficient (Wildman–Crippen LogP) is 3.58. The molecular formula is C15H12FN3OS. The molecule has 6 heteroatoms. The van der Waals surface area contributed by atoms with Crippen molar-refractivity contribution in [3.05, 3.63) is 52.8 Å². The third kappa shape index (κ3) is 2.45. The quantitative estimate of drug-likeness (QED) is 0.760. The van der Waals surface area contributed by atoms with E-state index in [1.165, 1.54) is 23.5 Å². The van der Waals surface area contributed by atoms with E-state index in [2.05, 4.69) is 10.3 Å². The van der Waals surface area contributed by atoms with Gasteiger partial charge in [0.25, 0.3) is 5.91 Å². The Morgan fingerprint density at radius 1 is 1.38 bits per heavy atom. The molecule has 0 unspecified atom stereocenters. The number of pyridine rings is 1. The zero-order valence-corrected chi connectivity index (χ0v) is 12.0. The van der Waals surface area contributed by atoms with Gasteiger partial charge >= 0.3 is 0 Å². The van der Waals surface area contributed by atoms with E-state index in [0.29, 0.717) is 21.8 Å². The van der Waals surface area contributed by atoms with Gasteiger partial charge in [-0.25, -0.2) is 9.37 Å². The second-order valence-corrected chi connectivity index (χ2v) is 5.62. The Bertz CT molecular complexity index is 844. The number of fused-ring (bicyclic) bond motifs is 1. The number of hydrogen-bond acceptors (Lipinski definition) is 4. The van der Waals surface area contributed by atoms with E-state index in [1.807, 2.05) is 6.07 Å². The summed E-state index contributed by atoms with van der Waals surface area (Å²) in [7, 11) is 0. The lowest BCUT2D eigenvalue weighted by Crippen LogP contribution is -2.12. The minimum absolute atomic E-state index is 0.307. The maximum atomic E-state index is 13.2. The standard InChI is InChI=1S/C15H12FN3OS/c1-8-7-9(4-5-11(8)16)19-14(20)13-12(17)10-3-2-6-18-15(10)21-13/h2-7H,17H2,1H3,(H,19,20). The summed E-state index contributed by atoms with van der Waals surface area (Å²) in [6.45, 7) is 1.64. The van der Waals surface area contributed by atoms with Crippen LogP contribution in [0.25, 0.3) is 10.2 Å². The van der Waals surface area contributed by atoms with Crippen LogP contribution in [0, 0.1) is 12.7 Å². The Balaban J connectivity index is 1.93. The Morgan fingerprint density at radius 2 is 2.19 bits per heavy atom. The third-order valence-electron chi connectivity index (χ3n) is 3.13. The molecule has 1 aromatic carbocycles. The fourth-order valence-electron chi connectivity index (χ4n) is 2.03. The number of aryl methyl sites for hydroxylation is 1. The van der Waals surface area contributed by atoms with Gasteiger partial charge in [-0.05, 0) is 42.8 Å². The summed E-state index contributed by atoms with van der Waals surface area (Å²) >= 11 is 1.24. The van der Waals surface area contributed by atoms with Crippen molar-refractivity contribution in [2.45, 2.75) is 6.92 Å². The van der Waals surface area contributed by atoms with E-state index >= 15 is 0 Å². The summed E-state index contributed by atoms with van der Waals surface area (Å²) in [5, 5.41) is 3.49. The summed E-state index contributed by atoms with van der Waals surface area (Å²) in [4.78, 5) is 17.6. The molecule has 106 valence electrons. The molecule has 0 bridgehead atoms. The highest BCUT2D eigenvalue weighted by molar-refractivity contribution is 7.21. The Hall–Kier alpha value is -2.47. The van der Waals surface area contributed by atoms with Gasteiger partial charge in [-0.15, -0.1) is 11.3 Å². The molecule has 0 saturated heterocycles. The van der Waals surface area contributed by atoms with Crippen molar-refractivity contribution in [2.24, 2.45) is 0 Å². The van der Waals surface area contributed by atoms with Crippen LogP contribution in [0.3, 0.4) is 0 Å². The lowest BCUT2D eigenvalue weighted by atomic mass is 10.2. The van der Waals surface area contributed by atoms with Crippen LogP contribution in [-0.2, 0) is 0 Å². The number of anilines is 2. The van der Waals surface area contributed by atoms with E-state index in [9.17, 15) is 9.18 Å². The average Bonchev–Trinajstić information content (AvgIpc) is 2.81. The van der Waals surface area contributed by atoms with Gasteiger partial charge in [-0.2, -0.15) is 0 Å². The molecule has 4 nitrogen and oxygen atoms in total. The van der Waals surface area contributed by atoms with Gasteiger partial charge in [0.1, 0.15) is 15.5 Å². The highest BCUT2D eigenvalue weighted by Gasteiger charge is 2.17. The topological polar surface area (TPSA) is 68.0 Å². The molecule has 2 aromatic heterocycles. The molecule has 0 aliphatic rings. The van der Waals surface area contributed by atoms with Crippen molar-refractivity contribution in [3.63, 3.8) is 0 Å². The molecule has 1 amide bonds. The van der Waals surface area contributed by atoms with Crippen LogP contribution >= 0.6 is 11.3 Å². The summed E-state index contributed by atoms with van der Waals surface area (Å²) in [6.07, 6.45) is 1.66. The molecule has 0 aliphatic carbocycles. The van der Waals surface area contributed by atoms with E-state index in [-0.39, 0.29) is 11.7 Å². The predicted molar refractivity (Wildman–Crippen MR) is 83.1 cm³/mol. The fourth-order valence-corrected chi connectivity index (χ4v) is 2.99. The van der Waals surface area contributed by atoms with Crippen molar-refractivity contribution >= 4 is 38.8 Å². The highest BCUT2D eigenvalue weighted by atomic mass is 32.1. The molecule has 2 heterocycles. The van der Waals surface area contributed by atoms with Crippen molar-refractivity contribution in [3.8, 4) is 0 Å². The van der Waals surface area contributed by atoms with Gasteiger partial charge in [0, 0.05) is 17.3 Å². The van der Waals surface area contributed by atoms with Crippen LogP contribution < -0.4 is 11.1 Å². The van der Waals surface area contributed by atoms with E-state index in [1.54, 1.807) is 25.3 Å². The van der Waals surface area contributed by atoms with Gasteiger partial charge in [0.15, 0.2) is 0 Å². The van der Waals surface area contributed by atoms with Crippen LogP contribution in [-0.4, -0.2) is 10.9 Å². The SMILES string of the molecule is Cc1cc(NC(=O)c2sc3ncccc3c2N)ccc1F. The maximum Gasteiger partial charge on any atom is 0.267 e. The fraction of sp³-hybridized carbons (Fsp3) is 0.0667. The molecule has 0 fully saturated rings. The number of nitrogen functional groups attached to an aromatic ring is 1. The molecule has 3 N–H and O–H groups in total. The lowest BCUT2D eigenvalue weighted by molar-refractivity contribution is 0.103. The number of carbonyl (C=O) groups excluding carboxylic acids is 1. The first-order chi connectivity index (χ1) is 10.1. The van der Waals surface area contributed by atoms with Gasteiger partial charge in [0.05, 0.1) is 5.69 Å². The molecule has 21 heavy (non-hydrogen) atoms. The number of thiophene rings is 1. The van der Waals surface area contributed by atoms with E-state index in [0.717, 1.165) is 10.2 Å². The molecule has 3 aromatic rings. The number of halogens is 1. The summed E-state index contributed by atoms with van der Waals surface area (Å²) in [5.41, 5.74) is 7.42. The average molecular weight is 301 g/mol. The third-order valence-corrected chi connectivity index (χ3v) is 4.25. The van der Waals surface area contributed by atoms with E-state index < -0.39 is 0 Å². The van der Waals surface area contributed by atoms with Gasteiger partial charge in [-0.1, -0.05) is 0 Å².